The van der Waals surface area contributed by atoms with Gasteiger partial charge in [0, 0.05) is 23.9 Å². The average molecular weight is 386 g/mol. The lowest BCUT2D eigenvalue weighted by atomic mass is 9.92. The summed E-state index contributed by atoms with van der Waals surface area (Å²) in [5.41, 5.74) is 2.49. The Morgan fingerprint density at radius 1 is 1.31 bits per heavy atom. The Morgan fingerprint density at radius 3 is 2.77 bits per heavy atom. The van der Waals surface area contributed by atoms with Gasteiger partial charge < -0.3 is 15.4 Å². The number of nitrogens with zero attached hydrogens (tertiary/aromatic N) is 1. The lowest BCUT2D eigenvalue weighted by Crippen LogP contribution is -2.34. The van der Waals surface area contributed by atoms with Gasteiger partial charge in [0.05, 0.1) is 18.1 Å². The largest absolute Gasteiger partial charge is 0.376 e. The topological polar surface area (TPSA) is 57.1 Å². The van der Waals surface area contributed by atoms with Gasteiger partial charge in [-0.1, -0.05) is 48.0 Å². The number of ether oxygens (including phenoxy) is 1. The van der Waals surface area contributed by atoms with Gasteiger partial charge in [-0.2, -0.15) is 5.26 Å². The van der Waals surface area contributed by atoms with Crippen molar-refractivity contribution in [3.63, 3.8) is 0 Å². The minimum Gasteiger partial charge on any atom is -0.376 e. The van der Waals surface area contributed by atoms with Gasteiger partial charge in [-0.3, -0.25) is 0 Å². The molecular formula is C20H20ClN3OS. The van der Waals surface area contributed by atoms with E-state index in [4.69, 9.17) is 28.6 Å². The zero-order chi connectivity index (χ0) is 18.4. The number of benzene rings is 2. The number of halogens is 1. The molecule has 4 nitrogen and oxygen atoms in total. The fraction of sp³-hybridized carbons (Fsp3) is 0.300. The number of anilines is 1. The van der Waals surface area contributed by atoms with Crippen LogP contribution < -0.4 is 10.6 Å². The smallest absolute Gasteiger partial charge is 0.170 e. The molecule has 2 aromatic carbocycles. The highest BCUT2D eigenvalue weighted by atomic mass is 35.5. The maximum absolute atomic E-state index is 9.58. The van der Waals surface area contributed by atoms with E-state index in [1.165, 1.54) is 0 Å². The molecule has 1 heterocycles. The minimum atomic E-state index is -0.401. The van der Waals surface area contributed by atoms with Crippen molar-refractivity contribution in [2.45, 2.75) is 24.9 Å². The molecule has 1 aliphatic heterocycles. The van der Waals surface area contributed by atoms with Gasteiger partial charge in [0.25, 0.3) is 0 Å². The molecule has 134 valence electrons. The molecule has 1 aliphatic rings. The highest BCUT2D eigenvalue weighted by molar-refractivity contribution is 7.80. The molecule has 2 atom stereocenters. The second-order valence-electron chi connectivity index (χ2n) is 6.18. The van der Waals surface area contributed by atoms with E-state index in [2.05, 4.69) is 16.7 Å². The monoisotopic (exact) mass is 385 g/mol. The van der Waals surface area contributed by atoms with Gasteiger partial charge in [0.1, 0.15) is 0 Å². The van der Waals surface area contributed by atoms with Crippen LogP contribution in [0.5, 0.6) is 0 Å². The van der Waals surface area contributed by atoms with E-state index < -0.39 is 5.92 Å². The van der Waals surface area contributed by atoms with Crippen LogP contribution in [0.15, 0.2) is 48.5 Å². The molecule has 2 N–H and O–H groups in total. The number of hydrogen-bond donors (Lipinski definition) is 2. The molecule has 0 amide bonds. The molecule has 0 spiro atoms. The van der Waals surface area contributed by atoms with E-state index in [9.17, 15) is 5.26 Å². The third-order valence-electron chi connectivity index (χ3n) is 4.35. The maximum atomic E-state index is 9.58. The van der Waals surface area contributed by atoms with Crippen LogP contribution in [0.4, 0.5) is 5.69 Å². The summed E-state index contributed by atoms with van der Waals surface area (Å²) in [6.07, 6.45) is 2.39. The van der Waals surface area contributed by atoms with Crippen LogP contribution in [0.3, 0.4) is 0 Å². The van der Waals surface area contributed by atoms with Gasteiger partial charge in [0.2, 0.25) is 0 Å². The van der Waals surface area contributed by atoms with Crippen molar-refractivity contribution in [2.24, 2.45) is 0 Å². The SMILES string of the molecule is N#C[C@@H](c1ccccc1)c1ccc(NC(=S)NC[C@H]2CCCO2)cc1Cl. The molecule has 0 aliphatic carbocycles. The highest BCUT2D eigenvalue weighted by Crippen LogP contribution is 2.31. The van der Waals surface area contributed by atoms with E-state index in [1.54, 1.807) is 6.07 Å². The number of rotatable bonds is 5. The lowest BCUT2D eigenvalue weighted by Gasteiger charge is -2.16. The van der Waals surface area contributed by atoms with Crippen LogP contribution >= 0.6 is 23.8 Å². The molecule has 2 aromatic rings. The molecule has 1 saturated heterocycles. The summed E-state index contributed by atoms with van der Waals surface area (Å²) in [6.45, 7) is 1.52. The fourth-order valence-electron chi connectivity index (χ4n) is 3.00. The van der Waals surface area contributed by atoms with E-state index in [1.807, 2.05) is 42.5 Å². The van der Waals surface area contributed by atoms with Crippen LogP contribution in [0.1, 0.15) is 29.9 Å². The van der Waals surface area contributed by atoms with E-state index >= 15 is 0 Å². The van der Waals surface area contributed by atoms with Crippen molar-refractivity contribution in [1.29, 1.82) is 5.26 Å². The average Bonchev–Trinajstić information content (AvgIpc) is 3.17. The van der Waals surface area contributed by atoms with Crippen LogP contribution in [0, 0.1) is 11.3 Å². The Hall–Kier alpha value is -2.13. The first-order valence-electron chi connectivity index (χ1n) is 8.58. The number of nitriles is 1. The van der Waals surface area contributed by atoms with Crippen molar-refractivity contribution < 1.29 is 4.74 Å². The number of nitrogens with one attached hydrogen (secondary N) is 2. The molecule has 3 rings (SSSR count). The van der Waals surface area contributed by atoms with Crippen molar-refractivity contribution in [1.82, 2.24) is 5.32 Å². The molecule has 0 bridgehead atoms. The van der Waals surface area contributed by atoms with Crippen LogP contribution in [0.2, 0.25) is 5.02 Å². The molecule has 0 saturated carbocycles. The van der Waals surface area contributed by atoms with Crippen molar-refractivity contribution in [3.05, 3.63) is 64.7 Å². The molecular weight excluding hydrogens is 366 g/mol. The summed E-state index contributed by atoms with van der Waals surface area (Å²) in [6, 6.07) is 17.5. The van der Waals surface area contributed by atoms with Crippen molar-refractivity contribution in [3.8, 4) is 6.07 Å². The third-order valence-corrected chi connectivity index (χ3v) is 4.92. The third kappa shape index (κ3) is 4.73. The van der Waals surface area contributed by atoms with Gasteiger partial charge in [-0.05, 0) is 48.3 Å². The van der Waals surface area contributed by atoms with Gasteiger partial charge in [-0.25, -0.2) is 0 Å². The highest BCUT2D eigenvalue weighted by Gasteiger charge is 2.17. The first-order valence-corrected chi connectivity index (χ1v) is 9.36. The van der Waals surface area contributed by atoms with Crippen LogP contribution in [0.25, 0.3) is 0 Å². The zero-order valence-corrected chi connectivity index (χ0v) is 15.8. The number of thiocarbonyl (C=S) groups is 1. The summed E-state index contributed by atoms with van der Waals surface area (Å²) in [5.74, 6) is -0.401. The van der Waals surface area contributed by atoms with Gasteiger partial charge in [0.15, 0.2) is 5.11 Å². The predicted octanol–water partition coefficient (Wildman–Crippen LogP) is 4.46. The maximum Gasteiger partial charge on any atom is 0.170 e. The van der Waals surface area contributed by atoms with Gasteiger partial charge in [-0.15, -0.1) is 0 Å². The summed E-state index contributed by atoms with van der Waals surface area (Å²) in [5, 5.41) is 16.9. The van der Waals surface area contributed by atoms with Crippen LogP contribution in [-0.2, 0) is 4.74 Å². The lowest BCUT2D eigenvalue weighted by molar-refractivity contribution is 0.114. The molecule has 1 fully saturated rings. The Bertz CT molecular complexity index is 800. The fourth-order valence-corrected chi connectivity index (χ4v) is 3.49. The van der Waals surface area contributed by atoms with Crippen molar-refractivity contribution >= 4 is 34.6 Å². The normalized spacial score (nSPS) is 17.3. The number of hydrogen-bond acceptors (Lipinski definition) is 3. The molecule has 0 radical (unpaired) electrons. The van der Waals surface area contributed by atoms with Gasteiger partial charge >= 0.3 is 0 Å². The Morgan fingerprint density at radius 2 is 2.12 bits per heavy atom. The summed E-state index contributed by atoms with van der Waals surface area (Å²) < 4.78 is 5.57. The molecule has 0 aromatic heterocycles. The molecule has 26 heavy (non-hydrogen) atoms. The zero-order valence-electron chi connectivity index (χ0n) is 14.2. The Kier molecular flexibility index (Phi) is 6.45. The summed E-state index contributed by atoms with van der Waals surface area (Å²) >= 11 is 11.8. The standard InChI is InChI=1S/C20H20ClN3OS/c21-19-11-15(24-20(26)23-13-16-7-4-10-25-16)8-9-17(19)18(12-22)14-5-2-1-3-6-14/h1-3,5-6,8-9,11,16,18H,4,7,10,13H2,(H2,23,24,26)/t16-,18+/m1/s1. The molecule has 0 unspecified atom stereocenters. The minimum absolute atomic E-state index is 0.225. The second-order valence-corrected chi connectivity index (χ2v) is 6.99. The first kappa shape index (κ1) is 18.7. The van der Waals surface area contributed by atoms with E-state index in [-0.39, 0.29) is 6.10 Å². The first-order chi connectivity index (χ1) is 12.7. The summed E-state index contributed by atoms with van der Waals surface area (Å²) in [7, 11) is 0. The van der Waals surface area contributed by atoms with E-state index in [0.717, 1.165) is 36.3 Å². The molecule has 6 heteroatoms. The predicted molar refractivity (Wildman–Crippen MR) is 109 cm³/mol. The second kappa shape index (κ2) is 9.00. The quantitative estimate of drug-likeness (QED) is 0.744. The summed E-state index contributed by atoms with van der Waals surface area (Å²) in [4.78, 5) is 0. The Labute approximate surface area is 164 Å². The van der Waals surface area contributed by atoms with Crippen LogP contribution in [-0.4, -0.2) is 24.4 Å². The van der Waals surface area contributed by atoms with E-state index in [0.29, 0.717) is 16.7 Å². The van der Waals surface area contributed by atoms with Crippen molar-refractivity contribution in [2.75, 3.05) is 18.5 Å². The Balaban J connectivity index is 1.65.